The minimum absolute atomic E-state index is 0.258. The number of hydrogen-bond donors (Lipinski definition) is 2. The first-order valence-electron chi connectivity index (χ1n) is 8.80. The summed E-state index contributed by atoms with van der Waals surface area (Å²) < 4.78 is 0. The maximum absolute atomic E-state index is 9.32. The van der Waals surface area contributed by atoms with Gasteiger partial charge in [0.15, 0.2) is 0 Å². The van der Waals surface area contributed by atoms with Crippen molar-refractivity contribution in [1.29, 1.82) is 0 Å². The average Bonchev–Trinajstić information content (AvgIpc) is 2.53. The molecule has 2 rings (SSSR count). The van der Waals surface area contributed by atoms with Crippen molar-refractivity contribution in [3.63, 3.8) is 0 Å². The molecule has 0 radical (unpaired) electrons. The molecule has 1 fully saturated rings. The van der Waals surface area contributed by atoms with Gasteiger partial charge in [-0.15, -0.1) is 0 Å². The van der Waals surface area contributed by atoms with Gasteiger partial charge in [-0.25, -0.2) is 0 Å². The van der Waals surface area contributed by atoms with Crippen molar-refractivity contribution in [2.24, 2.45) is 5.92 Å². The molecule has 2 N–H and O–H groups in total. The first-order valence-corrected chi connectivity index (χ1v) is 8.80. The Morgan fingerprint density at radius 2 is 1.86 bits per heavy atom. The van der Waals surface area contributed by atoms with Gasteiger partial charge in [0.05, 0.1) is 0 Å². The molecule has 1 aromatic carbocycles. The molecule has 1 aliphatic heterocycles. The van der Waals surface area contributed by atoms with E-state index in [-0.39, 0.29) is 6.61 Å². The Morgan fingerprint density at radius 3 is 2.45 bits per heavy atom. The quantitative estimate of drug-likeness (QED) is 0.775. The second-order valence-corrected chi connectivity index (χ2v) is 7.00. The maximum atomic E-state index is 9.32. The standard InChI is InChI=1S/C19H32N2O/c1-16(2)15-21-11-8-19(9-12-21)20-14-18(10-13-22)17-6-4-3-5-7-17/h3-7,16,18-20,22H,8-15H2,1-2H3. The number of nitrogens with zero attached hydrogens (tertiary/aromatic N) is 1. The second-order valence-electron chi connectivity index (χ2n) is 7.00. The third kappa shape index (κ3) is 5.71. The van der Waals surface area contributed by atoms with Gasteiger partial charge in [0.2, 0.25) is 0 Å². The zero-order chi connectivity index (χ0) is 15.8. The van der Waals surface area contributed by atoms with E-state index in [0.717, 1.165) is 18.9 Å². The molecule has 1 unspecified atom stereocenters. The van der Waals surface area contributed by atoms with Gasteiger partial charge in [-0.1, -0.05) is 44.2 Å². The van der Waals surface area contributed by atoms with E-state index in [1.807, 2.05) is 0 Å². The highest BCUT2D eigenvalue weighted by Crippen LogP contribution is 2.19. The van der Waals surface area contributed by atoms with Crippen LogP contribution in [-0.2, 0) is 0 Å². The molecule has 22 heavy (non-hydrogen) atoms. The molecule has 0 saturated carbocycles. The Bertz CT molecular complexity index is 399. The summed E-state index contributed by atoms with van der Waals surface area (Å²) in [6.45, 7) is 9.47. The number of rotatable bonds is 8. The van der Waals surface area contributed by atoms with E-state index in [1.165, 1.54) is 38.0 Å². The van der Waals surface area contributed by atoms with E-state index in [9.17, 15) is 5.11 Å². The largest absolute Gasteiger partial charge is 0.396 e. The molecule has 0 aliphatic carbocycles. The van der Waals surface area contributed by atoms with Crippen molar-refractivity contribution in [2.45, 2.75) is 45.1 Å². The summed E-state index contributed by atoms with van der Waals surface area (Å²) in [6, 6.07) is 11.2. The fourth-order valence-corrected chi connectivity index (χ4v) is 3.41. The Balaban J connectivity index is 1.76. The van der Waals surface area contributed by atoms with Crippen LogP contribution in [-0.4, -0.2) is 48.8 Å². The zero-order valence-electron chi connectivity index (χ0n) is 14.2. The molecule has 3 heteroatoms. The maximum Gasteiger partial charge on any atom is 0.0437 e. The van der Waals surface area contributed by atoms with E-state index >= 15 is 0 Å². The van der Waals surface area contributed by atoms with Crippen LogP contribution in [0.1, 0.15) is 44.6 Å². The zero-order valence-corrected chi connectivity index (χ0v) is 14.2. The van der Waals surface area contributed by atoms with E-state index in [1.54, 1.807) is 0 Å². The summed E-state index contributed by atoms with van der Waals surface area (Å²) in [5.74, 6) is 1.18. The molecular formula is C19H32N2O. The lowest BCUT2D eigenvalue weighted by atomic mass is 9.95. The van der Waals surface area contributed by atoms with Gasteiger partial charge < -0.3 is 15.3 Å². The van der Waals surface area contributed by atoms with E-state index in [2.05, 4.69) is 54.4 Å². The van der Waals surface area contributed by atoms with Crippen molar-refractivity contribution in [3.8, 4) is 0 Å². The Kier molecular flexibility index (Phi) is 7.37. The molecule has 0 aromatic heterocycles. The average molecular weight is 304 g/mol. The van der Waals surface area contributed by atoms with Crippen molar-refractivity contribution in [2.75, 3.05) is 32.8 Å². The van der Waals surface area contributed by atoms with E-state index in [4.69, 9.17) is 0 Å². The van der Waals surface area contributed by atoms with E-state index < -0.39 is 0 Å². The molecule has 0 bridgehead atoms. The van der Waals surface area contributed by atoms with Gasteiger partial charge in [0.25, 0.3) is 0 Å². The third-order valence-corrected chi connectivity index (χ3v) is 4.61. The number of likely N-dealkylation sites (tertiary alicyclic amines) is 1. The normalized spacial score (nSPS) is 18.7. The van der Waals surface area contributed by atoms with Crippen LogP contribution in [0.25, 0.3) is 0 Å². The predicted octanol–water partition coefficient (Wildman–Crippen LogP) is 2.86. The van der Waals surface area contributed by atoms with Crippen LogP contribution in [0.5, 0.6) is 0 Å². The van der Waals surface area contributed by atoms with Gasteiger partial charge >= 0.3 is 0 Å². The Labute approximate surface area is 135 Å². The number of hydrogen-bond acceptors (Lipinski definition) is 3. The lowest BCUT2D eigenvalue weighted by Gasteiger charge is -2.34. The highest BCUT2D eigenvalue weighted by molar-refractivity contribution is 5.19. The van der Waals surface area contributed by atoms with Crippen LogP contribution in [0, 0.1) is 5.92 Å². The lowest BCUT2D eigenvalue weighted by molar-refractivity contribution is 0.178. The van der Waals surface area contributed by atoms with Crippen molar-refractivity contribution in [3.05, 3.63) is 35.9 Å². The molecule has 1 atom stereocenters. The van der Waals surface area contributed by atoms with Crippen LogP contribution >= 0.6 is 0 Å². The van der Waals surface area contributed by atoms with Gasteiger partial charge in [-0.2, -0.15) is 0 Å². The molecular weight excluding hydrogens is 272 g/mol. The summed E-state index contributed by atoms with van der Waals surface area (Å²) in [6.07, 6.45) is 3.32. The summed E-state index contributed by atoms with van der Waals surface area (Å²) in [5, 5.41) is 13.1. The SMILES string of the molecule is CC(C)CN1CCC(NCC(CCO)c2ccccc2)CC1. The molecule has 124 valence electrons. The number of aliphatic hydroxyl groups is 1. The number of aliphatic hydroxyl groups excluding tert-OH is 1. The fraction of sp³-hybridized carbons (Fsp3) is 0.684. The molecule has 1 aliphatic rings. The monoisotopic (exact) mass is 304 g/mol. The number of benzene rings is 1. The van der Waals surface area contributed by atoms with Crippen molar-refractivity contribution < 1.29 is 5.11 Å². The fourth-order valence-electron chi connectivity index (χ4n) is 3.41. The van der Waals surface area contributed by atoms with Crippen LogP contribution < -0.4 is 5.32 Å². The highest BCUT2D eigenvalue weighted by atomic mass is 16.3. The highest BCUT2D eigenvalue weighted by Gasteiger charge is 2.20. The minimum atomic E-state index is 0.258. The van der Waals surface area contributed by atoms with Crippen LogP contribution in [0.15, 0.2) is 30.3 Å². The number of nitrogens with one attached hydrogen (secondary N) is 1. The molecule has 1 aromatic rings. The number of piperidine rings is 1. The molecule has 0 spiro atoms. The van der Waals surface area contributed by atoms with Crippen molar-refractivity contribution >= 4 is 0 Å². The van der Waals surface area contributed by atoms with Crippen molar-refractivity contribution in [1.82, 2.24) is 10.2 Å². The third-order valence-electron chi connectivity index (χ3n) is 4.61. The van der Waals surface area contributed by atoms with Crippen LogP contribution in [0.2, 0.25) is 0 Å². The van der Waals surface area contributed by atoms with Crippen LogP contribution in [0.4, 0.5) is 0 Å². The van der Waals surface area contributed by atoms with Gasteiger partial charge in [-0.3, -0.25) is 0 Å². The molecule has 0 amide bonds. The topological polar surface area (TPSA) is 35.5 Å². The summed E-state index contributed by atoms with van der Waals surface area (Å²) >= 11 is 0. The van der Waals surface area contributed by atoms with E-state index in [0.29, 0.717) is 12.0 Å². The van der Waals surface area contributed by atoms with Crippen LogP contribution in [0.3, 0.4) is 0 Å². The first-order chi connectivity index (χ1) is 10.7. The molecule has 3 nitrogen and oxygen atoms in total. The lowest BCUT2D eigenvalue weighted by Crippen LogP contribution is -2.44. The molecule has 1 saturated heterocycles. The van der Waals surface area contributed by atoms with Gasteiger partial charge in [0.1, 0.15) is 0 Å². The Hall–Kier alpha value is -0.900. The Morgan fingerprint density at radius 1 is 1.18 bits per heavy atom. The summed E-state index contributed by atoms with van der Waals surface area (Å²) in [7, 11) is 0. The van der Waals surface area contributed by atoms with Gasteiger partial charge in [0, 0.05) is 25.7 Å². The smallest absolute Gasteiger partial charge is 0.0437 e. The first kappa shape index (κ1) is 17.5. The second kappa shape index (κ2) is 9.29. The minimum Gasteiger partial charge on any atom is -0.396 e. The van der Waals surface area contributed by atoms with Gasteiger partial charge in [-0.05, 0) is 49.8 Å². The summed E-state index contributed by atoms with van der Waals surface area (Å²) in [5.41, 5.74) is 1.33. The molecule has 1 heterocycles. The summed E-state index contributed by atoms with van der Waals surface area (Å²) in [4.78, 5) is 2.59. The predicted molar refractivity (Wildman–Crippen MR) is 93.2 cm³/mol.